The smallest absolute Gasteiger partial charge is 0.260 e. The molecule has 0 radical (unpaired) electrons. The van der Waals surface area contributed by atoms with Crippen LogP contribution in [0.5, 0.6) is 5.75 Å². The van der Waals surface area contributed by atoms with E-state index >= 15 is 0 Å². The van der Waals surface area contributed by atoms with Gasteiger partial charge in [-0.25, -0.2) is 8.78 Å². The summed E-state index contributed by atoms with van der Waals surface area (Å²) in [6, 6.07) is 3.01. The monoisotopic (exact) mass is 270 g/mol. The number of likely N-dealkylation sites (tertiary alicyclic amines) is 1. The number of carbonyl (C=O) groups excluding carboxylic acids is 1. The van der Waals surface area contributed by atoms with Crippen LogP contribution in [0.25, 0.3) is 0 Å². The average Bonchev–Trinajstić information content (AvgIpc) is 2.85. The van der Waals surface area contributed by atoms with Gasteiger partial charge in [0.15, 0.2) is 18.2 Å². The van der Waals surface area contributed by atoms with Gasteiger partial charge in [-0.05, 0) is 25.0 Å². The highest BCUT2D eigenvalue weighted by molar-refractivity contribution is 5.78. The first-order valence-electron chi connectivity index (χ1n) is 6.19. The Bertz CT molecular complexity index is 468. The van der Waals surface area contributed by atoms with E-state index in [0.717, 1.165) is 25.0 Å². The average molecular weight is 270 g/mol. The molecular formula is C13H16F2N2O2. The van der Waals surface area contributed by atoms with Crippen LogP contribution in [0.2, 0.25) is 0 Å². The normalized spacial score (nSPS) is 18.7. The number of carbonyl (C=O) groups is 1. The quantitative estimate of drug-likeness (QED) is 0.897. The third-order valence-electron chi connectivity index (χ3n) is 3.21. The summed E-state index contributed by atoms with van der Waals surface area (Å²) < 4.78 is 31.1. The van der Waals surface area contributed by atoms with E-state index in [2.05, 4.69) is 0 Å². The van der Waals surface area contributed by atoms with Crippen molar-refractivity contribution in [1.82, 2.24) is 4.90 Å². The van der Waals surface area contributed by atoms with Gasteiger partial charge in [0.2, 0.25) is 0 Å². The third kappa shape index (κ3) is 3.20. The Kier molecular flexibility index (Phi) is 4.31. The van der Waals surface area contributed by atoms with Crippen LogP contribution in [0, 0.1) is 11.6 Å². The number of nitrogens with two attached hydrogens (primary N) is 1. The first kappa shape index (κ1) is 13.7. The molecule has 4 nitrogen and oxygen atoms in total. The lowest BCUT2D eigenvalue weighted by Gasteiger charge is -2.23. The molecule has 1 unspecified atom stereocenters. The van der Waals surface area contributed by atoms with E-state index in [9.17, 15) is 13.6 Å². The highest BCUT2D eigenvalue weighted by atomic mass is 19.1. The first-order chi connectivity index (χ1) is 9.11. The zero-order chi connectivity index (χ0) is 13.8. The van der Waals surface area contributed by atoms with Gasteiger partial charge in [-0.15, -0.1) is 0 Å². The summed E-state index contributed by atoms with van der Waals surface area (Å²) in [5.41, 5.74) is 5.57. The fourth-order valence-corrected chi connectivity index (χ4v) is 2.22. The molecule has 2 rings (SSSR count). The van der Waals surface area contributed by atoms with Crippen molar-refractivity contribution >= 4 is 5.91 Å². The summed E-state index contributed by atoms with van der Waals surface area (Å²) in [5.74, 6) is -1.85. The molecule has 2 N–H and O–H groups in total. The molecule has 0 aromatic heterocycles. The van der Waals surface area contributed by atoms with E-state index in [1.54, 1.807) is 4.90 Å². The van der Waals surface area contributed by atoms with Crippen LogP contribution >= 0.6 is 0 Å². The molecule has 6 heteroatoms. The Morgan fingerprint density at radius 1 is 1.47 bits per heavy atom. The number of benzene rings is 1. The maximum absolute atomic E-state index is 13.3. The molecule has 1 atom stereocenters. The lowest BCUT2D eigenvalue weighted by molar-refractivity contribution is -0.134. The number of nitrogens with zero attached hydrogens (tertiary/aromatic N) is 1. The van der Waals surface area contributed by atoms with Crippen LogP contribution in [0.15, 0.2) is 18.2 Å². The van der Waals surface area contributed by atoms with E-state index < -0.39 is 11.6 Å². The van der Waals surface area contributed by atoms with Gasteiger partial charge < -0.3 is 15.4 Å². The molecule has 1 saturated heterocycles. The first-order valence-corrected chi connectivity index (χ1v) is 6.19. The Balaban J connectivity index is 1.93. The molecule has 1 fully saturated rings. The largest absolute Gasteiger partial charge is 0.481 e. The molecule has 1 heterocycles. The second-order valence-corrected chi connectivity index (χ2v) is 4.48. The summed E-state index contributed by atoms with van der Waals surface area (Å²) in [5, 5.41) is 0. The minimum Gasteiger partial charge on any atom is -0.481 e. The molecule has 1 aliphatic rings. The van der Waals surface area contributed by atoms with Crippen molar-refractivity contribution in [3.63, 3.8) is 0 Å². The SMILES string of the molecule is NCC1CCCN1C(=O)COc1ccc(F)cc1F. The fraction of sp³-hybridized carbons (Fsp3) is 0.462. The number of ether oxygens (including phenoxy) is 1. The van der Waals surface area contributed by atoms with E-state index in [1.165, 1.54) is 6.07 Å². The Labute approximate surface area is 110 Å². The van der Waals surface area contributed by atoms with Crippen LogP contribution in [-0.4, -0.2) is 36.5 Å². The second kappa shape index (κ2) is 5.97. The fourth-order valence-electron chi connectivity index (χ4n) is 2.22. The zero-order valence-corrected chi connectivity index (χ0v) is 10.4. The van der Waals surface area contributed by atoms with Crippen LogP contribution < -0.4 is 10.5 Å². The summed E-state index contributed by atoms with van der Waals surface area (Å²) in [6.45, 7) is 0.797. The Hall–Kier alpha value is -1.69. The maximum Gasteiger partial charge on any atom is 0.260 e. The van der Waals surface area contributed by atoms with Gasteiger partial charge in [0.1, 0.15) is 5.82 Å². The maximum atomic E-state index is 13.3. The molecule has 1 aromatic rings. The van der Waals surface area contributed by atoms with Crippen molar-refractivity contribution in [1.29, 1.82) is 0 Å². The van der Waals surface area contributed by atoms with E-state index in [4.69, 9.17) is 10.5 Å². The van der Waals surface area contributed by atoms with Gasteiger partial charge in [0.25, 0.3) is 5.91 Å². The van der Waals surface area contributed by atoms with Gasteiger partial charge in [0, 0.05) is 25.2 Å². The van der Waals surface area contributed by atoms with E-state index in [-0.39, 0.29) is 24.3 Å². The highest BCUT2D eigenvalue weighted by Crippen LogP contribution is 2.19. The number of rotatable bonds is 4. The molecule has 104 valence electrons. The predicted molar refractivity (Wildman–Crippen MR) is 65.6 cm³/mol. The van der Waals surface area contributed by atoms with E-state index in [0.29, 0.717) is 13.1 Å². The molecular weight excluding hydrogens is 254 g/mol. The summed E-state index contributed by atoms with van der Waals surface area (Å²) in [4.78, 5) is 13.6. The number of amides is 1. The van der Waals surface area contributed by atoms with Crippen LogP contribution in [0.3, 0.4) is 0 Å². The van der Waals surface area contributed by atoms with E-state index in [1.807, 2.05) is 0 Å². The standard InChI is InChI=1S/C13H16F2N2O2/c14-9-3-4-12(11(15)6-9)19-8-13(18)17-5-1-2-10(17)7-16/h3-4,6,10H,1-2,5,7-8,16H2. The third-order valence-corrected chi connectivity index (χ3v) is 3.21. The second-order valence-electron chi connectivity index (χ2n) is 4.48. The molecule has 0 aliphatic carbocycles. The van der Waals surface area contributed by atoms with Crippen LogP contribution in [-0.2, 0) is 4.79 Å². The molecule has 0 spiro atoms. The molecule has 19 heavy (non-hydrogen) atoms. The van der Waals surface area contributed by atoms with Crippen molar-refractivity contribution in [3.8, 4) is 5.75 Å². The van der Waals surface area contributed by atoms with Crippen molar-refractivity contribution in [2.45, 2.75) is 18.9 Å². The predicted octanol–water partition coefficient (Wildman–Crippen LogP) is 1.29. The van der Waals surface area contributed by atoms with Crippen molar-refractivity contribution in [2.75, 3.05) is 19.7 Å². The summed E-state index contributed by atoms with van der Waals surface area (Å²) >= 11 is 0. The van der Waals surface area contributed by atoms with Gasteiger partial charge in [-0.2, -0.15) is 0 Å². The lowest BCUT2D eigenvalue weighted by Crippen LogP contribution is -2.42. The Morgan fingerprint density at radius 2 is 2.26 bits per heavy atom. The molecule has 1 amide bonds. The molecule has 0 saturated carbocycles. The van der Waals surface area contributed by atoms with Crippen molar-refractivity contribution in [2.24, 2.45) is 5.73 Å². The summed E-state index contributed by atoms with van der Waals surface area (Å²) in [7, 11) is 0. The summed E-state index contributed by atoms with van der Waals surface area (Å²) in [6.07, 6.45) is 1.80. The molecule has 1 aliphatic heterocycles. The molecule has 0 bridgehead atoms. The molecule has 1 aromatic carbocycles. The van der Waals surface area contributed by atoms with Crippen molar-refractivity contribution in [3.05, 3.63) is 29.8 Å². The van der Waals surface area contributed by atoms with Gasteiger partial charge in [0.05, 0.1) is 0 Å². The van der Waals surface area contributed by atoms with Gasteiger partial charge in [-0.3, -0.25) is 4.79 Å². The number of halogens is 2. The van der Waals surface area contributed by atoms with Crippen molar-refractivity contribution < 1.29 is 18.3 Å². The minimum absolute atomic E-state index is 0.0363. The lowest BCUT2D eigenvalue weighted by atomic mass is 10.2. The van der Waals surface area contributed by atoms with Gasteiger partial charge >= 0.3 is 0 Å². The highest BCUT2D eigenvalue weighted by Gasteiger charge is 2.27. The van der Waals surface area contributed by atoms with Crippen LogP contribution in [0.1, 0.15) is 12.8 Å². The van der Waals surface area contributed by atoms with Gasteiger partial charge in [-0.1, -0.05) is 0 Å². The zero-order valence-electron chi connectivity index (χ0n) is 10.4. The topological polar surface area (TPSA) is 55.6 Å². The van der Waals surface area contributed by atoms with Crippen LogP contribution in [0.4, 0.5) is 8.78 Å². The number of hydrogen-bond acceptors (Lipinski definition) is 3. The minimum atomic E-state index is -0.815. The number of hydrogen-bond donors (Lipinski definition) is 1. The Morgan fingerprint density at radius 3 is 2.95 bits per heavy atom.